The third-order valence-corrected chi connectivity index (χ3v) is 14.0. The Morgan fingerprint density at radius 3 is 2.31 bits per heavy atom. The van der Waals surface area contributed by atoms with Crippen LogP contribution in [-0.2, 0) is 24.2 Å². The molecule has 0 unspecified atom stereocenters. The molecule has 0 amide bonds. The molecule has 6 nitrogen and oxygen atoms in total. The van der Waals surface area contributed by atoms with Crippen molar-refractivity contribution in [3.05, 3.63) is 0 Å². The standard InChI is InChI=1S/C32H54O6S/c1-7-24-28-18-23(38-21(4)33)14-16-32(28,6)27-15-17-31(5)25(12-13-26(31)29(27)30(24)35)20(3)10-9-11-22(34)19-39(36,37)8-2/h20,23-30,35H,7-19H2,1-6H3/t20-,23-,24-,25-,26+,27+,28+,29+,30-,31-,32-/m1/s1. The van der Waals surface area contributed by atoms with Gasteiger partial charge in [0, 0.05) is 19.1 Å². The molecule has 4 aliphatic rings. The first-order valence-electron chi connectivity index (χ1n) is 15.8. The van der Waals surface area contributed by atoms with Gasteiger partial charge in [-0.1, -0.05) is 47.5 Å². The Morgan fingerprint density at radius 2 is 1.67 bits per heavy atom. The Labute approximate surface area is 237 Å². The average molecular weight is 567 g/mol. The molecule has 224 valence electrons. The van der Waals surface area contributed by atoms with E-state index in [1.807, 2.05) is 0 Å². The molecule has 0 aromatic rings. The van der Waals surface area contributed by atoms with Crippen LogP contribution < -0.4 is 0 Å². The summed E-state index contributed by atoms with van der Waals surface area (Å²) in [6.07, 6.45) is 10.3. The molecule has 7 heteroatoms. The molecule has 0 aromatic carbocycles. The molecule has 0 spiro atoms. The third kappa shape index (κ3) is 5.87. The van der Waals surface area contributed by atoms with Crippen LogP contribution in [0.5, 0.6) is 0 Å². The van der Waals surface area contributed by atoms with Crippen LogP contribution in [0.25, 0.3) is 0 Å². The Balaban J connectivity index is 1.45. The highest BCUT2D eigenvalue weighted by atomic mass is 32.2. The molecule has 1 N–H and O–H groups in total. The summed E-state index contributed by atoms with van der Waals surface area (Å²) in [5, 5.41) is 12.0. The number of hydrogen-bond acceptors (Lipinski definition) is 6. The Bertz CT molecular complexity index is 1010. The van der Waals surface area contributed by atoms with Gasteiger partial charge < -0.3 is 9.84 Å². The lowest BCUT2D eigenvalue weighted by Crippen LogP contribution is -2.62. The van der Waals surface area contributed by atoms with Crippen LogP contribution in [0.15, 0.2) is 0 Å². The van der Waals surface area contributed by atoms with Gasteiger partial charge in [0.2, 0.25) is 0 Å². The van der Waals surface area contributed by atoms with Gasteiger partial charge in [-0.05, 0) is 104 Å². The van der Waals surface area contributed by atoms with Crippen molar-refractivity contribution in [3.8, 4) is 0 Å². The molecule has 4 rings (SSSR count). The van der Waals surface area contributed by atoms with Crippen LogP contribution in [0, 0.1) is 52.3 Å². The van der Waals surface area contributed by atoms with Crippen LogP contribution in [0.3, 0.4) is 0 Å². The lowest BCUT2D eigenvalue weighted by atomic mass is 9.41. The van der Waals surface area contributed by atoms with Crippen LogP contribution in [0.1, 0.15) is 112 Å². The second kappa shape index (κ2) is 11.7. The molecule has 0 saturated heterocycles. The number of aliphatic hydroxyl groups excluding tert-OH is 1. The molecule has 0 bridgehead atoms. The van der Waals surface area contributed by atoms with Crippen molar-refractivity contribution in [1.29, 1.82) is 0 Å². The van der Waals surface area contributed by atoms with Crippen molar-refractivity contribution < 1.29 is 27.9 Å². The fraction of sp³-hybridized carbons (Fsp3) is 0.938. The first-order valence-corrected chi connectivity index (χ1v) is 17.7. The minimum absolute atomic E-state index is 0.0158. The SMILES string of the molecule is CC[C@H]1[C@@H](O)[C@@H]2[C@H](CC[C@]3(C)[C@@H]([C@H](C)CCCC(=O)CS(=O)(=O)CC)CC[C@@H]23)[C@@]2(C)CC[C@@H](OC(C)=O)C[C@@H]12. The summed E-state index contributed by atoms with van der Waals surface area (Å²) in [5.74, 6) is 2.44. The molecule has 0 radical (unpaired) electrons. The monoisotopic (exact) mass is 566 g/mol. The number of esters is 1. The highest BCUT2D eigenvalue weighted by Gasteiger charge is 2.65. The van der Waals surface area contributed by atoms with E-state index in [4.69, 9.17) is 4.74 Å². The lowest BCUT2D eigenvalue weighted by Gasteiger charge is -2.64. The van der Waals surface area contributed by atoms with Crippen LogP contribution >= 0.6 is 0 Å². The van der Waals surface area contributed by atoms with Gasteiger partial charge >= 0.3 is 5.97 Å². The molecule has 4 aliphatic carbocycles. The van der Waals surface area contributed by atoms with Crippen molar-refractivity contribution in [2.24, 2.45) is 52.3 Å². The molecule has 39 heavy (non-hydrogen) atoms. The average Bonchev–Trinajstić information content (AvgIpc) is 3.21. The van der Waals surface area contributed by atoms with Crippen LogP contribution in [0.2, 0.25) is 0 Å². The van der Waals surface area contributed by atoms with Gasteiger partial charge in [0.1, 0.15) is 17.6 Å². The van der Waals surface area contributed by atoms with Crippen molar-refractivity contribution in [2.45, 2.75) is 124 Å². The minimum atomic E-state index is -3.25. The fourth-order valence-corrected chi connectivity index (χ4v) is 11.3. The molecular weight excluding hydrogens is 512 g/mol. The van der Waals surface area contributed by atoms with E-state index in [2.05, 4.69) is 27.7 Å². The summed E-state index contributed by atoms with van der Waals surface area (Å²) in [6, 6.07) is 0. The van der Waals surface area contributed by atoms with Gasteiger partial charge in [-0.25, -0.2) is 8.42 Å². The number of rotatable bonds is 10. The van der Waals surface area contributed by atoms with Crippen molar-refractivity contribution in [3.63, 3.8) is 0 Å². The Hall–Kier alpha value is -0.950. The highest BCUT2D eigenvalue weighted by Crippen LogP contribution is 2.69. The lowest BCUT2D eigenvalue weighted by molar-refractivity contribution is -0.207. The zero-order valence-electron chi connectivity index (χ0n) is 25.3. The maximum absolute atomic E-state index is 12.3. The first kappa shape index (κ1) is 31.0. The predicted molar refractivity (Wildman–Crippen MR) is 154 cm³/mol. The normalized spacial score (nSPS) is 42.6. The molecule has 0 aliphatic heterocycles. The zero-order valence-corrected chi connectivity index (χ0v) is 26.1. The summed E-state index contributed by atoms with van der Waals surface area (Å²) >= 11 is 0. The number of carbonyl (C=O) groups is 2. The van der Waals surface area contributed by atoms with Crippen LogP contribution in [-0.4, -0.2) is 49.0 Å². The van der Waals surface area contributed by atoms with E-state index in [-0.39, 0.29) is 52.2 Å². The summed E-state index contributed by atoms with van der Waals surface area (Å²) in [5.41, 5.74) is 0.388. The van der Waals surface area contributed by atoms with E-state index in [1.165, 1.54) is 26.2 Å². The van der Waals surface area contributed by atoms with Gasteiger partial charge in [-0.15, -0.1) is 0 Å². The van der Waals surface area contributed by atoms with Gasteiger partial charge in [-0.3, -0.25) is 9.59 Å². The number of Topliss-reactive ketones (excluding diaryl/α,β-unsaturated/α-hetero) is 1. The largest absolute Gasteiger partial charge is 0.463 e. The van der Waals surface area contributed by atoms with Gasteiger partial charge in [0.15, 0.2) is 9.84 Å². The topological polar surface area (TPSA) is 97.7 Å². The third-order valence-electron chi connectivity index (χ3n) is 12.4. The molecule has 11 atom stereocenters. The zero-order chi connectivity index (χ0) is 28.8. The van der Waals surface area contributed by atoms with Gasteiger partial charge in [0.05, 0.1) is 6.10 Å². The number of carbonyl (C=O) groups excluding carboxylic acids is 2. The van der Waals surface area contributed by atoms with Crippen LogP contribution in [0.4, 0.5) is 0 Å². The van der Waals surface area contributed by atoms with E-state index >= 15 is 0 Å². The molecule has 4 saturated carbocycles. The molecule has 0 heterocycles. The number of aliphatic hydroxyl groups is 1. The number of hydrogen-bond donors (Lipinski definition) is 1. The molecule has 0 aromatic heterocycles. The first-order chi connectivity index (χ1) is 18.3. The van der Waals surface area contributed by atoms with Crippen molar-refractivity contribution >= 4 is 21.6 Å². The molecule has 4 fully saturated rings. The van der Waals surface area contributed by atoms with E-state index in [0.717, 1.165) is 44.9 Å². The van der Waals surface area contributed by atoms with Gasteiger partial charge in [0.25, 0.3) is 0 Å². The summed E-state index contributed by atoms with van der Waals surface area (Å²) in [4.78, 5) is 23.9. The minimum Gasteiger partial charge on any atom is -0.463 e. The summed E-state index contributed by atoms with van der Waals surface area (Å²) in [6.45, 7) is 12.6. The second-order valence-corrected chi connectivity index (χ2v) is 16.6. The fourth-order valence-electron chi connectivity index (χ4n) is 10.5. The number of sulfone groups is 1. The number of ether oxygens (including phenoxy) is 1. The van der Waals surface area contributed by atoms with E-state index in [9.17, 15) is 23.1 Å². The summed E-state index contributed by atoms with van der Waals surface area (Å²) < 4.78 is 29.3. The van der Waals surface area contributed by atoms with E-state index < -0.39 is 9.84 Å². The maximum Gasteiger partial charge on any atom is 0.302 e. The maximum atomic E-state index is 12.3. The summed E-state index contributed by atoms with van der Waals surface area (Å²) in [7, 11) is -3.25. The van der Waals surface area contributed by atoms with Crippen molar-refractivity contribution in [1.82, 2.24) is 0 Å². The second-order valence-electron chi connectivity index (χ2n) is 14.3. The quantitative estimate of drug-likeness (QED) is 0.326. The predicted octanol–water partition coefficient (Wildman–Crippen LogP) is 5.99. The van der Waals surface area contributed by atoms with Crippen molar-refractivity contribution in [2.75, 3.05) is 11.5 Å². The molecular formula is C32H54O6S. The number of ketones is 1. The smallest absolute Gasteiger partial charge is 0.302 e. The van der Waals surface area contributed by atoms with E-state index in [0.29, 0.717) is 41.9 Å². The highest BCUT2D eigenvalue weighted by molar-refractivity contribution is 7.92. The van der Waals surface area contributed by atoms with E-state index in [1.54, 1.807) is 6.92 Å². The Morgan fingerprint density at radius 1 is 1.00 bits per heavy atom. The Kier molecular flexibility index (Phi) is 9.33. The van der Waals surface area contributed by atoms with Gasteiger partial charge in [-0.2, -0.15) is 0 Å². The number of fused-ring (bicyclic) bond motifs is 5.